The summed E-state index contributed by atoms with van der Waals surface area (Å²) in [7, 11) is 0. The van der Waals surface area contributed by atoms with Crippen LogP contribution in [0.4, 0.5) is 5.95 Å². The number of rotatable bonds is 3. The second kappa shape index (κ2) is 5.46. The molecular formula is C15H14N4S. The van der Waals surface area contributed by atoms with E-state index in [9.17, 15) is 0 Å². The summed E-state index contributed by atoms with van der Waals surface area (Å²) in [6.45, 7) is 0. The number of hydrogen-bond donors (Lipinski definition) is 1. The highest BCUT2D eigenvalue weighted by molar-refractivity contribution is 7.98. The van der Waals surface area contributed by atoms with Crippen molar-refractivity contribution in [3.05, 3.63) is 53.9 Å². The van der Waals surface area contributed by atoms with Crippen LogP contribution in [0, 0.1) is 0 Å². The Morgan fingerprint density at radius 2 is 1.80 bits per heavy atom. The molecule has 0 saturated heterocycles. The molecule has 4 nitrogen and oxygen atoms in total. The number of benzene rings is 2. The van der Waals surface area contributed by atoms with Gasteiger partial charge in [0.25, 0.3) is 0 Å². The predicted octanol–water partition coefficient (Wildman–Crippen LogP) is 2.92. The molecule has 0 aliphatic rings. The molecule has 0 atom stereocenters. The van der Waals surface area contributed by atoms with E-state index in [1.807, 2.05) is 18.4 Å². The molecule has 1 heterocycles. The number of nitrogens with two attached hydrogens (primary N) is 1. The molecule has 5 heteroatoms. The maximum atomic E-state index is 5.70. The molecule has 1 aromatic heterocycles. The number of anilines is 1. The van der Waals surface area contributed by atoms with Crippen molar-refractivity contribution in [3.63, 3.8) is 0 Å². The highest BCUT2D eigenvalue weighted by Gasteiger charge is 2.05. The third-order valence-electron chi connectivity index (χ3n) is 3.04. The third kappa shape index (κ3) is 2.72. The monoisotopic (exact) mass is 282 g/mol. The number of nitrogen functional groups attached to an aromatic ring is 1. The predicted molar refractivity (Wildman–Crippen MR) is 82.8 cm³/mol. The molecule has 0 aliphatic heterocycles. The van der Waals surface area contributed by atoms with Crippen molar-refractivity contribution < 1.29 is 0 Å². The first kappa shape index (κ1) is 12.9. The molecule has 2 N–H and O–H groups in total. The lowest BCUT2D eigenvalue weighted by atomic mass is 10.1. The zero-order chi connectivity index (χ0) is 13.9. The van der Waals surface area contributed by atoms with Gasteiger partial charge in [-0.1, -0.05) is 54.2 Å². The van der Waals surface area contributed by atoms with Gasteiger partial charge in [-0.2, -0.15) is 9.97 Å². The van der Waals surface area contributed by atoms with Crippen LogP contribution in [0.25, 0.3) is 10.8 Å². The topological polar surface area (TPSA) is 64.7 Å². The van der Waals surface area contributed by atoms with E-state index < -0.39 is 0 Å². The Labute approximate surface area is 121 Å². The van der Waals surface area contributed by atoms with Crippen LogP contribution in [0.5, 0.6) is 0 Å². The number of aromatic nitrogens is 3. The quantitative estimate of drug-likeness (QED) is 0.748. The van der Waals surface area contributed by atoms with Crippen LogP contribution in [0.3, 0.4) is 0 Å². The lowest BCUT2D eigenvalue weighted by molar-refractivity contribution is 0.840. The molecule has 2 aromatic carbocycles. The molecule has 0 saturated carbocycles. The Hall–Kier alpha value is -2.14. The summed E-state index contributed by atoms with van der Waals surface area (Å²) in [4.78, 5) is 12.6. The van der Waals surface area contributed by atoms with Crippen LogP contribution >= 0.6 is 11.8 Å². The molecule has 0 bridgehead atoms. The fourth-order valence-corrected chi connectivity index (χ4v) is 2.50. The maximum absolute atomic E-state index is 5.70. The fraction of sp³-hybridized carbons (Fsp3) is 0.133. The Balaban J connectivity index is 1.94. The number of thioether (sulfide) groups is 1. The van der Waals surface area contributed by atoms with Gasteiger partial charge in [-0.15, -0.1) is 0 Å². The van der Waals surface area contributed by atoms with Gasteiger partial charge in [0.05, 0.1) is 0 Å². The molecule has 20 heavy (non-hydrogen) atoms. The summed E-state index contributed by atoms with van der Waals surface area (Å²) in [5, 5.41) is 3.11. The molecule has 0 aliphatic carbocycles. The van der Waals surface area contributed by atoms with Gasteiger partial charge in [-0.3, -0.25) is 0 Å². The average Bonchev–Trinajstić information content (AvgIpc) is 2.46. The van der Waals surface area contributed by atoms with Crippen molar-refractivity contribution in [1.29, 1.82) is 0 Å². The number of nitrogens with zero attached hydrogens (tertiary/aromatic N) is 3. The van der Waals surface area contributed by atoms with Gasteiger partial charge in [0.15, 0.2) is 5.16 Å². The van der Waals surface area contributed by atoms with Gasteiger partial charge in [-0.25, -0.2) is 4.98 Å². The van der Waals surface area contributed by atoms with Crippen molar-refractivity contribution in [2.45, 2.75) is 11.6 Å². The standard InChI is InChI=1S/C15H14N4S/c1-20-15-18-13(17-14(16)19-15)9-10-6-7-11-4-2-3-5-12(11)8-10/h2-8H,9H2,1H3,(H2,16,17,18,19). The zero-order valence-corrected chi connectivity index (χ0v) is 11.9. The minimum absolute atomic E-state index is 0.278. The third-order valence-corrected chi connectivity index (χ3v) is 3.58. The molecule has 0 amide bonds. The average molecular weight is 282 g/mol. The summed E-state index contributed by atoms with van der Waals surface area (Å²) < 4.78 is 0. The zero-order valence-electron chi connectivity index (χ0n) is 11.1. The van der Waals surface area contributed by atoms with Gasteiger partial charge in [-0.05, 0) is 22.6 Å². The molecule has 0 radical (unpaired) electrons. The molecule has 0 unspecified atom stereocenters. The first-order valence-corrected chi connectivity index (χ1v) is 7.49. The van der Waals surface area contributed by atoms with Gasteiger partial charge >= 0.3 is 0 Å². The van der Waals surface area contributed by atoms with Gasteiger partial charge in [0.2, 0.25) is 5.95 Å². The van der Waals surface area contributed by atoms with Crippen LogP contribution in [-0.2, 0) is 6.42 Å². The van der Waals surface area contributed by atoms with E-state index in [2.05, 4.69) is 45.3 Å². The van der Waals surface area contributed by atoms with Crippen molar-refractivity contribution in [2.24, 2.45) is 0 Å². The summed E-state index contributed by atoms with van der Waals surface area (Å²) in [5.41, 5.74) is 6.87. The van der Waals surface area contributed by atoms with Crippen LogP contribution < -0.4 is 5.73 Å². The Bertz CT molecular complexity index is 758. The van der Waals surface area contributed by atoms with E-state index in [-0.39, 0.29) is 5.95 Å². The van der Waals surface area contributed by atoms with Crippen LogP contribution in [-0.4, -0.2) is 21.2 Å². The molecular weight excluding hydrogens is 268 g/mol. The first-order chi connectivity index (χ1) is 9.74. The van der Waals surface area contributed by atoms with Crippen molar-refractivity contribution in [2.75, 3.05) is 12.0 Å². The van der Waals surface area contributed by atoms with E-state index in [1.54, 1.807) is 0 Å². The van der Waals surface area contributed by atoms with E-state index in [1.165, 1.54) is 28.1 Å². The van der Waals surface area contributed by atoms with E-state index in [0.717, 1.165) is 0 Å². The van der Waals surface area contributed by atoms with Crippen molar-refractivity contribution in [3.8, 4) is 0 Å². The summed E-state index contributed by atoms with van der Waals surface area (Å²) >= 11 is 1.47. The second-order valence-corrected chi connectivity index (χ2v) is 5.23. The van der Waals surface area contributed by atoms with E-state index in [0.29, 0.717) is 17.4 Å². The van der Waals surface area contributed by atoms with E-state index in [4.69, 9.17) is 5.73 Å². The number of hydrogen-bond acceptors (Lipinski definition) is 5. The smallest absolute Gasteiger partial charge is 0.224 e. The molecule has 3 rings (SSSR count). The van der Waals surface area contributed by atoms with Gasteiger partial charge in [0, 0.05) is 6.42 Å². The molecule has 100 valence electrons. The Morgan fingerprint density at radius 3 is 2.60 bits per heavy atom. The lowest BCUT2D eigenvalue weighted by Gasteiger charge is -2.05. The summed E-state index contributed by atoms with van der Waals surface area (Å²) in [6, 6.07) is 14.7. The normalized spacial score (nSPS) is 10.8. The van der Waals surface area contributed by atoms with Crippen molar-refractivity contribution in [1.82, 2.24) is 15.0 Å². The van der Waals surface area contributed by atoms with Crippen LogP contribution in [0.2, 0.25) is 0 Å². The van der Waals surface area contributed by atoms with E-state index >= 15 is 0 Å². The minimum Gasteiger partial charge on any atom is -0.368 e. The van der Waals surface area contributed by atoms with Crippen LogP contribution in [0.1, 0.15) is 11.4 Å². The highest BCUT2D eigenvalue weighted by atomic mass is 32.2. The largest absolute Gasteiger partial charge is 0.368 e. The summed E-state index contributed by atoms with van der Waals surface area (Å²) in [5.74, 6) is 0.984. The minimum atomic E-state index is 0.278. The number of fused-ring (bicyclic) bond motifs is 1. The van der Waals surface area contributed by atoms with Gasteiger partial charge < -0.3 is 5.73 Å². The van der Waals surface area contributed by atoms with Gasteiger partial charge in [0.1, 0.15) is 5.82 Å². The summed E-state index contributed by atoms with van der Waals surface area (Å²) in [6.07, 6.45) is 2.58. The van der Waals surface area contributed by atoms with Crippen LogP contribution in [0.15, 0.2) is 47.6 Å². The Kier molecular flexibility index (Phi) is 3.52. The SMILES string of the molecule is CSc1nc(N)nc(Cc2ccc3ccccc3c2)n1. The molecule has 0 spiro atoms. The van der Waals surface area contributed by atoms with Crippen molar-refractivity contribution >= 4 is 28.5 Å². The Morgan fingerprint density at radius 1 is 1.00 bits per heavy atom. The molecule has 3 aromatic rings. The fourth-order valence-electron chi connectivity index (χ4n) is 2.12. The highest BCUT2D eigenvalue weighted by Crippen LogP contribution is 2.18. The second-order valence-electron chi connectivity index (χ2n) is 4.45. The lowest BCUT2D eigenvalue weighted by Crippen LogP contribution is -2.04. The maximum Gasteiger partial charge on any atom is 0.224 e. The molecule has 0 fully saturated rings. The first-order valence-electron chi connectivity index (χ1n) is 6.27.